The Kier molecular flexibility index (Phi) is 3.15. The van der Waals surface area contributed by atoms with E-state index in [0.29, 0.717) is 5.92 Å². The molecule has 0 amide bonds. The van der Waals surface area contributed by atoms with Gasteiger partial charge >= 0.3 is 0 Å². The molecule has 1 atom stereocenters. The summed E-state index contributed by atoms with van der Waals surface area (Å²) in [4.78, 5) is 18.0. The van der Waals surface area contributed by atoms with Crippen molar-refractivity contribution in [2.75, 3.05) is 0 Å². The molecule has 3 fully saturated rings. The SMILES string of the molecule is C[C@@]1(c2ccc(F)cn2)CC2CC1(C(=O)c1ccc3ccccc3c1)C2. The number of halogens is 1. The standard InChI is InChI=1S/C23H20FNO/c1-22(20-9-8-19(24)14-25-20)11-15-12-23(22,13-15)21(26)18-7-6-16-4-2-3-5-17(16)10-18/h2-10,14-15H,11-13H2,1H3/t15?,22-,23?/m0/s1. The second-order valence-corrected chi connectivity index (χ2v) is 8.15. The van der Waals surface area contributed by atoms with E-state index in [4.69, 9.17) is 0 Å². The van der Waals surface area contributed by atoms with Crippen LogP contribution in [0.1, 0.15) is 42.2 Å². The second-order valence-electron chi connectivity index (χ2n) is 8.15. The number of hydrogen-bond acceptors (Lipinski definition) is 2. The Morgan fingerprint density at radius 2 is 1.81 bits per heavy atom. The number of ketones is 1. The van der Waals surface area contributed by atoms with Crippen molar-refractivity contribution in [3.05, 3.63) is 77.9 Å². The summed E-state index contributed by atoms with van der Waals surface area (Å²) in [6.07, 6.45) is 4.04. The van der Waals surface area contributed by atoms with Gasteiger partial charge in [0.15, 0.2) is 5.78 Å². The molecule has 0 saturated heterocycles. The second kappa shape index (κ2) is 5.23. The zero-order valence-electron chi connectivity index (χ0n) is 14.7. The fraction of sp³-hybridized carbons (Fsp3) is 0.304. The van der Waals surface area contributed by atoms with Crippen LogP contribution in [-0.2, 0) is 5.41 Å². The quantitative estimate of drug-likeness (QED) is 0.602. The Bertz CT molecular complexity index is 1020. The number of carbonyl (C=O) groups excluding carboxylic acids is 1. The summed E-state index contributed by atoms with van der Waals surface area (Å²) in [7, 11) is 0. The van der Waals surface area contributed by atoms with Gasteiger partial charge in [0.1, 0.15) is 5.82 Å². The highest BCUT2D eigenvalue weighted by Gasteiger charge is 2.68. The minimum absolute atomic E-state index is 0.214. The van der Waals surface area contributed by atoms with Crippen LogP contribution in [0.4, 0.5) is 4.39 Å². The minimum atomic E-state index is -0.412. The molecule has 2 aromatic carbocycles. The van der Waals surface area contributed by atoms with Crippen LogP contribution in [0.3, 0.4) is 0 Å². The molecule has 3 aromatic rings. The van der Waals surface area contributed by atoms with E-state index in [1.807, 2.05) is 36.4 Å². The third kappa shape index (κ3) is 1.97. The molecule has 3 heteroatoms. The van der Waals surface area contributed by atoms with E-state index < -0.39 is 5.41 Å². The van der Waals surface area contributed by atoms with E-state index in [2.05, 4.69) is 18.0 Å². The first-order valence-corrected chi connectivity index (χ1v) is 9.18. The molecular weight excluding hydrogens is 325 g/mol. The lowest BCUT2D eigenvalue weighted by Crippen LogP contribution is -2.47. The molecule has 1 heterocycles. The average Bonchev–Trinajstić information content (AvgIpc) is 3.10. The van der Waals surface area contributed by atoms with Gasteiger partial charge in [0.2, 0.25) is 0 Å². The Morgan fingerprint density at radius 3 is 2.54 bits per heavy atom. The molecule has 2 nitrogen and oxygen atoms in total. The van der Waals surface area contributed by atoms with Crippen molar-refractivity contribution in [1.82, 2.24) is 4.98 Å². The Balaban J connectivity index is 1.58. The summed E-state index contributed by atoms with van der Waals surface area (Å²) in [6, 6.07) is 17.3. The number of hydrogen-bond donors (Lipinski definition) is 0. The van der Waals surface area contributed by atoms with E-state index in [-0.39, 0.29) is 17.0 Å². The van der Waals surface area contributed by atoms with E-state index in [1.165, 1.54) is 12.3 Å². The maximum Gasteiger partial charge on any atom is 0.169 e. The average molecular weight is 345 g/mol. The molecule has 3 aliphatic carbocycles. The molecule has 0 aliphatic heterocycles. The predicted octanol–water partition coefficient (Wildman–Crippen LogP) is 5.31. The van der Waals surface area contributed by atoms with Gasteiger partial charge in [-0.05, 0) is 54.2 Å². The smallest absolute Gasteiger partial charge is 0.169 e. The van der Waals surface area contributed by atoms with Crippen LogP contribution < -0.4 is 0 Å². The molecule has 130 valence electrons. The van der Waals surface area contributed by atoms with Crippen LogP contribution in [-0.4, -0.2) is 10.8 Å². The highest BCUT2D eigenvalue weighted by molar-refractivity contribution is 6.05. The van der Waals surface area contributed by atoms with Crippen LogP contribution in [0, 0.1) is 17.2 Å². The fourth-order valence-corrected chi connectivity index (χ4v) is 5.39. The number of benzene rings is 2. The van der Waals surface area contributed by atoms with Crippen molar-refractivity contribution in [2.45, 2.75) is 31.6 Å². The molecular formula is C23H20FNO. The van der Waals surface area contributed by atoms with Crippen molar-refractivity contribution >= 4 is 16.6 Å². The van der Waals surface area contributed by atoms with Crippen molar-refractivity contribution in [3.63, 3.8) is 0 Å². The molecule has 0 N–H and O–H groups in total. The lowest BCUT2D eigenvalue weighted by atomic mass is 9.56. The van der Waals surface area contributed by atoms with Gasteiger partial charge in [-0.25, -0.2) is 4.39 Å². The summed E-state index contributed by atoms with van der Waals surface area (Å²) < 4.78 is 13.3. The van der Waals surface area contributed by atoms with E-state index >= 15 is 0 Å². The van der Waals surface area contributed by atoms with Gasteiger partial charge in [0, 0.05) is 22.1 Å². The molecule has 0 spiro atoms. The number of nitrogens with zero attached hydrogens (tertiary/aromatic N) is 1. The molecule has 26 heavy (non-hydrogen) atoms. The topological polar surface area (TPSA) is 30.0 Å². The number of fused-ring (bicyclic) bond motifs is 2. The van der Waals surface area contributed by atoms with Gasteiger partial charge in [-0.1, -0.05) is 43.3 Å². The number of carbonyl (C=O) groups is 1. The molecule has 0 radical (unpaired) electrons. The summed E-state index contributed by atoms with van der Waals surface area (Å²) in [5, 5.41) is 2.23. The first kappa shape index (κ1) is 15.7. The van der Waals surface area contributed by atoms with Gasteiger partial charge in [-0.15, -0.1) is 0 Å². The lowest BCUT2D eigenvalue weighted by Gasteiger charge is -2.45. The van der Waals surface area contributed by atoms with Crippen LogP contribution in [0.5, 0.6) is 0 Å². The van der Waals surface area contributed by atoms with Crippen LogP contribution in [0.2, 0.25) is 0 Å². The predicted molar refractivity (Wildman–Crippen MR) is 99.6 cm³/mol. The highest BCUT2D eigenvalue weighted by Crippen LogP contribution is 2.69. The van der Waals surface area contributed by atoms with Gasteiger partial charge < -0.3 is 0 Å². The van der Waals surface area contributed by atoms with Crippen LogP contribution in [0.25, 0.3) is 10.8 Å². The number of rotatable bonds is 3. The fourth-order valence-electron chi connectivity index (χ4n) is 5.39. The Morgan fingerprint density at radius 1 is 1.04 bits per heavy atom. The van der Waals surface area contributed by atoms with E-state index in [1.54, 1.807) is 6.07 Å². The first-order valence-electron chi connectivity index (χ1n) is 9.18. The Labute approximate surface area is 152 Å². The van der Waals surface area contributed by atoms with Crippen LogP contribution >= 0.6 is 0 Å². The molecule has 6 rings (SSSR count). The minimum Gasteiger partial charge on any atom is -0.294 e. The summed E-state index contributed by atoms with van der Waals surface area (Å²) in [5.74, 6) is 0.444. The normalized spacial score (nSPS) is 29.5. The van der Waals surface area contributed by atoms with Crippen molar-refractivity contribution in [3.8, 4) is 0 Å². The van der Waals surface area contributed by atoms with Crippen molar-refractivity contribution in [1.29, 1.82) is 0 Å². The number of pyridine rings is 1. The van der Waals surface area contributed by atoms with Gasteiger partial charge in [0.05, 0.1) is 6.20 Å². The first-order chi connectivity index (χ1) is 12.5. The third-order valence-electron chi connectivity index (χ3n) is 6.77. The van der Waals surface area contributed by atoms with Gasteiger partial charge in [-0.3, -0.25) is 9.78 Å². The Hall–Kier alpha value is -2.55. The van der Waals surface area contributed by atoms with Crippen LogP contribution in [0.15, 0.2) is 60.8 Å². The highest BCUT2D eigenvalue weighted by atomic mass is 19.1. The lowest BCUT2D eigenvalue weighted by molar-refractivity contribution is 0.0498. The monoisotopic (exact) mass is 345 g/mol. The molecule has 1 aromatic heterocycles. The van der Waals surface area contributed by atoms with Gasteiger partial charge in [0.25, 0.3) is 0 Å². The molecule has 3 saturated carbocycles. The largest absolute Gasteiger partial charge is 0.294 e. The number of Topliss-reactive ketones (excluding diaryl/α,β-unsaturated/α-hetero) is 1. The van der Waals surface area contributed by atoms with Gasteiger partial charge in [-0.2, -0.15) is 0 Å². The third-order valence-corrected chi connectivity index (χ3v) is 6.77. The summed E-state index contributed by atoms with van der Waals surface area (Å²) in [5.41, 5.74) is 0.879. The zero-order valence-corrected chi connectivity index (χ0v) is 14.7. The van der Waals surface area contributed by atoms with Crippen molar-refractivity contribution in [2.24, 2.45) is 11.3 Å². The maximum atomic E-state index is 13.6. The molecule has 2 bridgehead atoms. The summed E-state index contributed by atoms with van der Waals surface area (Å²) >= 11 is 0. The zero-order chi connectivity index (χ0) is 17.9. The molecule has 3 aliphatic rings. The van der Waals surface area contributed by atoms with E-state index in [0.717, 1.165) is 41.3 Å². The summed E-state index contributed by atoms with van der Waals surface area (Å²) in [6.45, 7) is 2.14. The van der Waals surface area contributed by atoms with Crippen molar-refractivity contribution < 1.29 is 9.18 Å². The number of aromatic nitrogens is 1. The maximum absolute atomic E-state index is 13.6. The molecule has 0 unspecified atom stereocenters. The van der Waals surface area contributed by atoms with E-state index in [9.17, 15) is 9.18 Å².